The summed E-state index contributed by atoms with van der Waals surface area (Å²) < 4.78 is 4.99. The molecule has 7 nitrogen and oxygen atoms in total. The van der Waals surface area contributed by atoms with Gasteiger partial charge in [-0.1, -0.05) is 41.9 Å². The molecule has 156 valence electrons. The van der Waals surface area contributed by atoms with Crippen molar-refractivity contribution >= 4 is 40.9 Å². The standard InChI is InChI=1S/C23H17ClN2O5/c24-17-10-11-19(18(12-17)21(28)14-4-2-1-3-5-14)26-20(27)13-31-23(30)16-8-6-15(7-9-16)22(25)29/h1-12H,13H2,(H2,25,29)(H,26,27). The SMILES string of the molecule is NC(=O)c1ccc(C(=O)OCC(=O)Nc2ccc(Cl)cc2C(=O)c2ccccc2)cc1. The topological polar surface area (TPSA) is 116 Å². The molecule has 0 aliphatic heterocycles. The Morgan fingerprint density at radius 3 is 2.13 bits per heavy atom. The predicted octanol–water partition coefficient (Wildman–Crippen LogP) is 3.47. The lowest BCUT2D eigenvalue weighted by Gasteiger charge is -2.11. The summed E-state index contributed by atoms with van der Waals surface area (Å²) in [5.74, 6) is -2.32. The van der Waals surface area contributed by atoms with E-state index >= 15 is 0 Å². The molecule has 0 atom stereocenters. The van der Waals surface area contributed by atoms with Crippen LogP contribution in [0.15, 0.2) is 72.8 Å². The number of nitrogens with one attached hydrogen (secondary N) is 1. The summed E-state index contributed by atoms with van der Waals surface area (Å²) in [6.45, 7) is -0.571. The first-order valence-electron chi connectivity index (χ1n) is 9.11. The molecule has 0 aliphatic rings. The van der Waals surface area contributed by atoms with Crippen molar-refractivity contribution in [2.24, 2.45) is 5.73 Å². The Morgan fingerprint density at radius 1 is 0.839 bits per heavy atom. The van der Waals surface area contributed by atoms with Crippen LogP contribution in [0.2, 0.25) is 5.02 Å². The number of amides is 2. The van der Waals surface area contributed by atoms with Crippen LogP contribution >= 0.6 is 11.6 Å². The smallest absolute Gasteiger partial charge is 0.338 e. The molecular weight excluding hydrogens is 420 g/mol. The average Bonchev–Trinajstić information content (AvgIpc) is 2.78. The fraction of sp³-hybridized carbons (Fsp3) is 0.0435. The molecule has 3 aromatic carbocycles. The van der Waals surface area contributed by atoms with Crippen molar-refractivity contribution in [3.8, 4) is 0 Å². The van der Waals surface area contributed by atoms with E-state index in [0.717, 1.165) is 0 Å². The summed E-state index contributed by atoms with van der Waals surface area (Å²) in [5, 5.41) is 2.90. The lowest BCUT2D eigenvalue weighted by atomic mass is 10.0. The minimum Gasteiger partial charge on any atom is -0.452 e. The van der Waals surface area contributed by atoms with Crippen molar-refractivity contribution < 1.29 is 23.9 Å². The molecule has 31 heavy (non-hydrogen) atoms. The molecule has 0 aromatic heterocycles. The number of ether oxygens (including phenoxy) is 1. The fourth-order valence-electron chi connectivity index (χ4n) is 2.73. The van der Waals surface area contributed by atoms with Gasteiger partial charge in [-0.25, -0.2) is 4.79 Å². The van der Waals surface area contributed by atoms with Crippen LogP contribution in [0, 0.1) is 0 Å². The van der Waals surface area contributed by atoms with Crippen molar-refractivity contribution in [3.63, 3.8) is 0 Å². The Hall–Kier alpha value is -3.97. The van der Waals surface area contributed by atoms with Gasteiger partial charge < -0.3 is 15.8 Å². The summed E-state index contributed by atoms with van der Waals surface area (Å²) >= 11 is 6.02. The zero-order valence-electron chi connectivity index (χ0n) is 16.1. The molecule has 2 amide bonds. The first-order valence-corrected chi connectivity index (χ1v) is 9.49. The van der Waals surface area contributed by atoms with Crippen LogP contribution in [0.3, 0.4) is 0 Å². The number of hydrogen-bond donors (Lipinski definition) is 2. The molecule has 0 aliphatic carbocycles. The van der Waals surface area contributed by atoms with Crippen LogP contribution < -0.4 is 11.1 Å². The van der Waals surface area contributed by atoms with Gasteiger partial charge in [0.25, 0.3) is 5.91 Å². The Bertz CT molecular complexity index is 1140. The molecule has 0 spiro atoms. The highest BCUT2D eigenvalue weighted by Crippen LogP contribution is 2.23. The van der Waals surface area contributed by atoms with Gasteiger partial charge in [-0.3, -0.25) is 14.4 Å². The molecule has 0 radical (unpaired) electrons. The highest BCUT2D eigenvalue weighted by Gasteiger charge is 2.17. The summed E-state index contributed by atoms with van der Waals surface area (Å²) in [6.07, 6.45) is 0. The van der Waals surface area contributed by atoms with E-state index in [2.05, 4.69) is 5.32 Å². The Kier molecular flexibility index (Phi) is 6.79. The lowest BCUT2D eigenvalue weighted by molar-refractivity contribution is -0.119. The molecule has 0 saturated carbocycles. The largest absolute Gasteiger partial charge is 0.452 e. The zero-order valence-corrected chi connectivity index (χ0v) is 16.9. The number of halogens is 1. The number of anilines is 1. The van der Waals surface area contributed by atoms with Gasteiger partial charge in [-0.05, 0) is 42.5 Å². The molecule has 0 fully saturated rings. The van der Waals surface area contributed by atoms with Gasteiger partial charge in [-0.15, -0.1) is 0 Å². The number of nitrogens with two attached hydrogens (primary N) is 1. The molecule has 8 heteroatoms. The second-order valence-corrected chi connectivity index (χ2v) is 6.89. The predicted molar refractivity (Wildman–Crippen MR) is 115 cm³/mol. The van der Waals surface area contributed by atoms with Crippen LogP contribution in [0.5, 0.6) is 0 Å². The van der Waals surface area contributed by atoms with Gasteiger partial charge >= 0.3 is 5.97 Å². The molecule has 0 unspecified atom stereocenters. The second-order valence-electron chi connectivity index (χ2n) is 6.45. The minimum absolute atomic E-state index is 0.157. The van der Waals surface area contributed by atoms with Crippen molar-refractivity contribution in [1.82, 2.24) is 0 Å². The van der Waals surface area contributed by atoms with E-state index < -0.39 is 24.4 Å². The highest BCUT2D eigenvalue weighted by molar-refractivity contribution is 6.31. The van der Waals surface area contributed by atoms with E-state index in [-0.39, 0.29) is 28.2 Å². The Balaban J connectivity index is 1.67. The first kappa shape index (κ1) is 21.7. The second kappa shape index (κ2) is 9.69. The number of benzene rings is 3. The van der Waals surface area contributed by atoms with E-state index in [1.807, 2.05) is 0 Å². The number of carbonyl (C=O) groups excluding carboxylic acids is 4. The van der Waals surface area contributed by atoms with E-state index in [0.29, 0.717) is 10.6 Å². The van der Waals surface area contributed by atoms with Gasteiger partial charge in [0.2, 0.25) is 5.91 Å². The van der Waals surface area contributed by atoms with Gasteiger partial charge in [0.05, 0.1) is 11.3 Å². The van der Waals surface area contributed by atoms with E-state index in [1.165, 1.54) is 42.5 Å². The van der Waals surface area contributed by atoms with Gasteiger partial charge in [-0.2, -0.15) is 0 Å². The summed E-state index contributed by atoms with van der Waals surface area (Å²) in [7, 11) is 0. The number of rotatable bonds is 7. The maximum Gasteiger partial charge on any atom is 0.338 e. The van der Waals surface area contributed by atoms with Crippen LogP contribution in [0.4, 0.5) is 5.69 Å². The molecule has 3 N–H and O–H groups in total. The van der Waals surface area contributed by atoms with E-state index in [9.17, 15) is 19.2 Å². The van der Waals surface area contributed by atoms with Crippen molar-refractivity contribution in [2.45, 2.75) is 0 Å². The minimum atomic E-state index is -0.747. The van der Waals surface area contributed by atoms with Crippen LogP contribution in [-0.2, 0) is 9.53 Å². The number of hydrogen-bond acceptors (Lipinski definition) is 5. The number of carbonyl (C=O) groups is 4. The highest BCUT2D eigenvalue weighted by atomic mass is 35.5. The summed E-state index contributed by atoms with van der Waals surface area (Å²) in [6, 6.07) is 18.5. The van der Waals surface area contributed by atoms with Crippen molar-refractivity contribution in [1.29, 1.82) is 0 Å². The molecule has 3 rings (SSSR count). The number of ketones is 1. The third kappa shape index (κ3) is 5.55. The Labute approximate surface area is 182 Å². The maximum atomic E-state index is 12.8. The van der Waals surface area contributed by atoms with Crippen molar-refractivity contribution in [2.75, 3.05) is 11.9 Å². The number of esters is 1. The van der Waals surface area contributed by atoms with Crippen LogP contribution in [0.25, 0.3) is 0 Å². The molecule has 3 aromatic rings. The number of primary amides is 1. The quantitative estimate of drug-likeness (QED) is 0.434. The average molecular weight is 437 g/mol. The van der Waals surface area contributed by atoms with Crippen LogP contribution in [-0.4, -0.2) is 30.2 Å². The fourth-order valence-corrected chi connectivity index (χ4v) is 2.90. The van der Waals surface area contributed by atoms with Gasteiger partial charge in [0.1, 0.15) is 0 Å². The zero-order chi connectivity index (χ0) is 22.4. The van der Waals surface area contributed by atoms with E-state index in [4.69, 9.17) is 22.1 Å². The van der Waals surface area contributed by atoms with Gasteiger partial charge in [0, 0.05) is 21.7 Å². The molecule has 0 bridgehead atoms. The molecule has 0 saturated heterocycles. The maximum absolute atomic E-state index is 12.8. The third-order valence-electron chi connectivity index (χ3n) is 4.28. The Morgan fingerprint density at radius 2 is 1.48 bits per heavy atom. The van der Waals surface area contributed by atoms with Crippen molar-refractivity contribution in [3.05, 3.63) is 100 Å². The third-order valence-corrected chi connectivity index (χ3v) is 4.51. The van der Waals surface area contributed by atoms with E-state index in [1.54, 1.807) is 30.3 Å². The monoisotopic (exact) mass is 436 g/mol. The van der Waals surface area contributed by atoms with Gasteiger partial charge in [0.15, 0.2) is 12.4 Å². The molecular formula is C23H17ClN2O5. The molecule has 0 heterocycles. The first-order chi connectivity index (χ1) is 14.8. The normalized spacial score (nSPS) is 10.2. The lowest BCUT2D eigenvalue weighted by Crippen LogP contribution is -2.22. The summed E-state index contributed by atoms with van der Waals surface area (Å²) in [4.78, 5) is 48.3. The van der Waals surface area contributed by atoms with Crippen LogP contribution in [0.1, 0.15) is 36.6 Å². The summed E-state index contributed by atoms with van der Waals surface area (Å²) in [5.41, 5.74) is 6.44.